The molecule has 0 amide bonds. The molecule has 0 aliphatic rings. The first-order valence-corrected chi connectivity index (χ1v) is 4.95. The Morgan fingerprint density at radius 1 is 1.31 bits per heavy atom. The molecule has 3 nitrogen and oxygen atoms in total. The van der Waals surface area contributed by atoms with Crippen molar-refractivity contribution in [2.24, 2.45) is 0 Å². The molecule has 90 valence electrons. The summed E-state index contributed by atoms with van der Waals surface area (Å²) in [6, 6.07) is -0.408. The van der Waals surface area contributed by atoms with Crippen LogP contribution in [0.25, 0.3) is 0 Å². The molecule has 1 atom stereocenters. The standard InChI is InChI=1S/C10H14F3N3/c1-7-5-16-9(6-15-7)8(14-2)3-4-10(11,12)13/h5-6,8,14H,3-4H2,1-2H3. The first-order valence-electron chi connectivity index (χ1n) is 4.95. The third-order valence-corrected chi connectivity index (χ3v) is 2.22. The molecular formula is C10H14F3N3. The van der Waals surface area contributed by atoms with Gasteiger partial charge in [-0.2, -0.15) is 13.2 Å². The molecule has 0 spiro atoms. The van der Waals surface area contributed by atoms with E-state index in [9.17, 15) is 13.2 Å². The third kappa shape index (κ3) is 4.14. The van der Waals surface area contributed by atoms with Crippen LogP contribution in [0.5, 0.6) is 0 Å². The second-order valence-electron chi connectivity index (χ2n) is 3.58. The molecule has 0 aliphatic heterocycles. The molecule has 0 saturated heterocycles. The molecule has 0 radical (unpaired) electrons. The summed E-state index contributed by atoms with van der Waals surface area (Å²) in [6.45, 7) is 1.78. The van der Waals surface area contributed by atoms with Gasteiger partial charge in [0.15, 0.2) is 0 Å². The van der Waals surface area contributed by atoms with Crippen LogP contribution in [0, 0.1) is 6.92 Å². The lowest BCUT2D eigenvalue weighted by Gasteiger charge is -2.16. The Labute approximate surface area is 92.1 Å². The summed E-state index contributed by atoms with van der Waals surface area (Å²) in [5, 5.41) is 2.81. The van der Waals surface area contributed by atoms with E-state index in [1.54, 1.807) is 20.2 Å². The molecule has 0 aliphatic carbocycles. The maximum absolute atomic E-state index is 12.1. The van der Waals surface area contributed by atoms with Crippen LogP contribution < -0.4 is 5.32 Å². The van der Waals surface area contributed by atoms with Crippen molar-refractivity contribution in [1.82, 2.24) is 15.3 Å². The van der Waals surface area contributed by atoms with E-state index in [-0.39, 0.29) is 6.42 Å². The van der Waals surface area contributed by atoms with Crippen LogP contribution >= 0.6 is 0 Å². The van der Waals surface area contributed by atoms with E-state index in [1.807, 2.05) is 0 Å². The van der Waals surface area contributed by atoms with Crippen molar-refractivity contribution in [3.63, 3.8) is 0 Å². The topological polar surface area (TPSA) is 37.8 Å². The van der Waals surface area contributed by atoms with Crippen molar-refractivity contribution in [2.45, 2.75) is 32.0 Å². The number of aromatic nitrogens is 2. The van der Waals surface area contributed by atoms with Gasteiger partial charge in [0.05, 0.1) is 23.6 Å². The Kier molecular flexibility index (Phi) is 4.23. The zero-order chi connectivity index (χ0) is 12.2. The second kappa shape index (κ2) is 5.25. The normalized spacial score (nSPS) is 13.8. The Bertz CT molecular complexity index is 321. The fourth-order valence-electron chi connectivity index (χ4n) is 1.33. The summed E-state index contributed by atoms with van der Waals surface area (Å²) in [5.74, 6) is 0. The number of hydrogen-bond donors (Lipinski definition) is 1. The number of halogens is 3. The highest BCUT2D eigenvalue weighted by atomic mass is 19.4. The number of nitrogens with one attached hydrogen (secondary N) is 1. The van der Waals surface area contributed by atoms with E-state index in [1.165, 1.54) is 6.20 Å². The van der Waals surface area contributed by atoms with Gasteiger partial charge < -0.3 is 5.32 Å². The molecule has 1 aromatic rings. The molecule has 1 rings (SSSR count). The van der Waals surface area contributed by atoms with E-state index >= 15 is 0 Å². The minimum absolute atomic E-state index is 0.0300. The first-order chi connectivity index (χ1) is 7.42. The fourth-order valence-corrected chi connectivity index (χ4v) is 1.33. The van der Waals surface area contributed by atoms with E-state index in [2.05, 4.69) is 15.3 Å². The quantitative estimate of drug-likeness (QED) is 0.867. The lowest BCUT2D eigenvalue weighted by Crippen LogP contribution is -2.20. The second-order valence-corrected chi connectivity index (χ2v) is 3.58. The van der Waals surface area contributed by atoms with Gasteiger partial charge in [-0.25, -0.2) is 0 Å². The number of hydrogen-bond acceptors (Lipinski definition) is 3. The SMILES string of the molecule is CNC(CCC(F)(F)F)c1cnc(C)cn1. The molecule has 0 bridgehead atoms. The molecule has 1 aromatic heterocycles. The molecule has 1 heterocycles. The summed E-state index contributed by atoms with van der Waals surface area (Å²) < 4.78 is 36.2. The fraction of sp³-hybridized carbons (Fsp3) is 0.600. The lowest BCUT2D eigenvalue weighted by atomic mass is 10.1. The smallest absolute Gasteiger partial charge is 0.312 e. The van der Waals surface area contributed by atoms with Crippen LogP contribution in [0.1, 0.15) is 30.3 Å². The predicted octanol–water partition coefficient (Wildman–Crippen LogP) is 2.39. The minimum atomic E-state index is -4.13. The van der Waals surface area contributed by atoms with Crippen molar-refractivity contribution in [2.75, 3.05) is 7.05 Å². The predicted molar refractivity (Wildman–Crippen MR) is 53.9 cm³/mol. The van der Waals surface area contributed by atoms with E-state index in [0.717, 1.165) is 5.69 Å². The zero-order valence-corrected chi connectivity index (χ0v) is 9.17. The molecule has 0 saturated carbocycles. The first kappa shape index (κ1) is 12.9. The van der Waals surface area contributed by atoms with E-state index < -0.39 is 18.6 Å². The molecular weight excluding hydrogens is 219 g/mol. The van der Waals surface area contributed by atoms with Crippen molar-refractivity contribution in [1.29, 1.82) is 0 Å². The van der Waals surface area contributed by atoms with Crippen LogP contribution in [-0.2, 0) is 0 Å². The average Bonchev–Trinajstić information content (AvgIpc) is 2.20. The Morgan fingerprint density at radius 3 is 2.44 bits per heavy atom. The average molecular weight is 233 g/mol. The number of alkyl halides is 3. The molecule has 16 heavy (non-hydrogen) atoms. The number of nitrogens with zero attached hydrogens (tertiary/aromatic N) is 2. The molecule has 6 heteroatoms. The highest BCUT2D eigenvalue weighted by Crippen LogP contribution is 2.26. The zero-order valence-electron chi connectivity index (χ0n) is 9.17. The van der Waals surface area contributed by atoms with Crippen LogP contribution in [0.4, 0.5) is 13.2 Å². The van der Waals surface area contributed by atoms with Gasteiger partial charge in [-0.3, -0.25) is 9.97 Å². The largest absolute Gasteiger partial charge is 0.389 e. The van der Waals surface area contributed by atoms with Crippen LogP contribution in [0.2, 0.25) is 0 Å². The highest BCUT2D eigenvalue weighted by molar-refractivity contribution is 5.05. The van der Waals surface area contributed by atoms with Crippen molar-refractivity contribution < 1.29 is 13.2 Å². The Balaban J connectivity index is 2.64. The molecule has 1 unspecified atom stereocenters. The van der Waals surface area contributed by atoms with Crippen LogP contribution in [0.3, 0.4) is 0 Å². The molecule has 1 N–H and O–H groups in total. The van der Waals surface area contributed by atoms with Gasteiger partial charge in [-0.1, -0.05) is 0 Å². The minimum Gasteiger partial charge on any atom is -0.312 e. The summed E-state index contributed by atoms with van der Waals surface area (Å²) >= 11 is 0. The van der Waals surface area contributed by atoms with Gasteiger partial charge in [0.1, 0.15) is 0 Å². The maximum Gasteiger partial charge on any atom is 0.389 e. The van der Waals surface area contributed by atoms with Gasteiger partial charge in [0.2, 0.25) is 0 Å². The summed E-state index contributed by atoms with van der Waals surface area (Å²) in [4.78, 5) is 8.07. The van der Waals surface area contributed by atoms with Gasteiger partial charge in [0.25, 0.3) is 0 Å². The monoisotopic (exact) mass is 233 g/mol. The van der Waals surface area contributed by atoms with E-state index in [4.69, 9.17) is 0 Å². The molecule has 0 aromatic carbocycles. The van der Waals surface area contributed by atoms with Crippen molar-refractivity contribution in [3.05, 3.63) is 23.8 Å². The highest BCUT2D eigenvalue weighted by Gasteiger charge is 2.28. The maximum atomic E-state index is 12.1. The Hall–Kier alpha value is -1.17. The molecule has 0 fully saturated rings. The summed E-state index contributed by atoms with van der Waals surface area (Å²) in [5.41, 5.74) is 1.28. The number of rotatable bonds is 4. The van der Waals surface area contributed by atoms with E-state index in [0.29, 0.717) is 5.69 Å². The van der Waals surface area contributed by atoms with Crippen molar-refractivity contribution in [3.8, 4) is 0 Å². The van der Waals surface area contributed by atoms with Crippen LogP contribution in [-0.4, -0.2) is 23.2 Å². The van der Waals surface area contributed by atoms with Gasteiger partial charge in [-0.05, 0) is 20.4 Å². The van der Waals surface area contributed by atoms with Gasteiger partial charge >= 0.3 is 6.18 Å². The number of aryl methyl sites for hydroxylation is 1. The van der Waals surface area contributed by atoms with Crippen molar-refractivity contribution >= 4 is 0 Å². The third-order valence-electron chi connectivity index (χ3n) is 2.22. The van der Waals surface area contributed by atoms with Crippen LogP contribution in [0.15, 0.2) is 12.4 Å². The Morgan fingerprint density at radius 2 is 2.00 bits per heavy atom. The summed E-state index contributed by atoms with van der Waals surface area (Å²) in [7, 11) is 1.61. The van der Waals surface area contributed by atoms with Gasteiger partial charge in [-0.15, -0.1) is 0 Å². The van der Waals surface area contributed by atoms with Gasteiger partial charge in [0, 0.05) is 12.6 Å². The lowest BCUT2D eigenvalue weighted by molar-refractivity contribution is -0.136. The summed E-state index contributed by atoms with van der Waals surface area (Å²) in [6.07, 6.45) is -1.93.